The minimum absolute atomic E-state index is 0.0352. The number of carbonyl (C=O) groups excluding carboxylic acids is 2. The largest absolute Gasteiger partial charge is 0.452 e. The van der Waals surface area contributed by atoms with Gasteiger partial charge in [0.1, 0.15) is 4.90 Å². The highest BCUT2D eigenvalue weighted by Crippen LogP contribution is 2.26. The van der Waals surface area contributed by atoms with Crippen LogP contribution in [0.15, 0.2) is 41.3 Å². The van der Waals surface area contributed by atoms with E-state index in [9.17, 15) is 18.0 Å². The van der Waals surface area contributed by atoms with E-state index in [4.69, 9.17) is 16.3 Å². The van der Waals surface area contributed by atoms with Crippen LogP contribution in [0.2, 0.25) is 5.02 Å². The van der Waals surface area contributed by atoms with Crippen molar-refractivity contribution in [2.24, 2.45) is 0 Å². The zero-order chi connectivity index (χ0) is 21.1. The summed E-state index contributed by atoms with van der Waals surface area (Å²) < 4.78 is 30.6. The highest BCUT2D eigenvalue weighted by molar-refractivity contribution is 7.89. The van der Waals surface area contributed by atoms with E-state index in [-0.39, 0.29) is 15.6 Å². The number of nitrogens with one attached hydrogen (secondary N) is 1. The molecule has 0 bridgehead atoms. The van der Waals surface area contributed by atoms with Crippen molar-refractivity contribution in [1.82, 2.24) is 4.31 Å². The lowest BCUT2D eigenvalue weighted by molar-refractivity contribution is -0.119. The Morgan fingerprint density at radius 3 is 2.39 bits per heavy atom. The van der Waals surface area contributed by atoms with Crippen LogP contribution < -0.4 is 5.32 Å². The Kier molecular flexibility index (Phi) is 6.82. The fraction of sp³-hybridized carbons (Fsp3) is 0.263. The van der Waals surface area contributed by atoms with E-state index >= 15 is 0 Å². The molecule has 0 saturated heterocycles. The van der Waals surface area contributed by atoms with Crippen LogP contribution in [0.5, 0.6) is 0 Å². The quantitative estimate of drug-likeness (QED) is 0.719. The fourth-order valence-electron chi connectivity index (χ4n) is 2.42. The number of carbonyl (C=O) groups is 2. The highest BCUT2D eigenvalue weighted by atomic mass is 35.5. The molecule has 0 heterocycles. The molecule has 0 aliphatic rings. The van der Waals surface area contributed by atoms with Gasteiger partial charge < -0.3 is 10.1 Å². The van der Waals surface area contributed by atoms with Crippen LogP contribution in [-0.4, -0.2) is 45.3 Å². The fourth-order valence-corrected chi connectivity index (χ4v) is 3.82. The van der Waals surface area contributed by atoms with Crippen molar-refractivity contribution in [2.45, 2.75) is 18.7 Å². The van der Waals surface area contributed by atoms with Crippen LogP contribution in [0.4, 0.5) is 5.69 Å². The molecule has 0 aliphatic carbocycles. The molecule has 28 heavy (non-hydrogen) atoms. The highest BCUT2D eigenvalue weighted by Gasteiger charge is 2.21. The van der Waals surface area contributed by atoms with Gasteiger partial charge in [-0.25, -0.2) is 17.5 Å². The van der Waals surface area contributed by atoms with Crippen LogP contribution in [-0.2, 0) is 19.6 Å². The van der Waals surface area contributed by atoms with Crippen molar-refractivity contribution in [3.8, 4) is 0 Å². The van der Waals surface area contributed by atoms with Crippen molar-refractivity contribution in [3.05, 3.63) is 58.1 Å². The second-order valence-corrected chi connectivity index (χ2v) is 8.90. The Hall–Kier alpha value is -2.42. The van der Waals surface area contributed by atoms with Gasteiger partial charge in [0.2, 0.25) is 10.0 Å². The summed E-state index contributed by atoms with van der Waals surface area (Å²) in [5.74, 6) is -1.21. The normalized spacial score (nSPS) is 11.4. The number of esters is 1. The number of benzene rings is 2. The summed E-state index contributed by atoms with van der Waals surface area (Å²) >= 11 is 5.97. The van der Waals surface area contributed by atoms with Crippen molar-refractivity contribution in [2.75, 3.05) is 26.0 Å². The number of sulfonamides is 1. The number of halogens is 1. The average Bonchev–Trinajstić information content (AvgIpc) is 2.61. The minimum Gasteiger partial charge on any atom is -0.452 e. The third kappa shape index (κ3) is 5.09. The Bertz CT molecular complexity index is 1020. The van der Waals surface area contributed by atoms with E-state index in [1.807, 2.05) is 13.0 Å². The molecular formula is C19H21ClN2O5S. The number of hydrogen-bond acceptors (Lipinski definition) is 5. The molecular weight excluding hydrogens is 404 g/mol. The molecule has 2 rings (SSSR count). The van der Waals surface area contributed by atoms with Crippen molar-refractivity contribution in [1.29, 1.82) is 0 Å². The van der Waals surface area contributed by atoms with Crippen molar-refractivity contribution < 1.29 is 22.7 Å². The van der Waals surface area contributed by atoms with Gasteiger partial charge in [-0.1, -0.05) is 29.3 Å². The van der Waals surface area contributed by atoms with E-state index in [1.165, 1.54) is 32.3 Å². The molecule has 0 radical (unpaired) electrons. The minimum atomic E-state index is -3.77. The predicted octanol–water partition coefficient (Wildman–Crippen LogP) is 3.00. The Morgan fingerprint density at radius 1 is 1.11 bits per heavy atom. The second-order valence-electron chi connectivity index (χ2n) is 6.38. The van der Waals surface area contributed by atoms with Crippen molar-refractivity contribution in [3.63, 3.8) is 0 Å². The summed E-state index contributed by atoms with van der Waals surface area (Å²) in [6, 6.07) is 9.35. The van der Waals surface area contributed by atoms with Gasteiger partial charge in [-0.3, -0.25) is 4.79 Å². The SMILES string of the molecule is Cc1ccc(C(=O)OCC(=O)Nc2ccc(Cl)c(S(=O)(=O)N(C)C)c2)c(C)c1. The Labute approximate surface area is 169 Å². The van der Waals surface area contributed by atoms with E-state index < -0.39 is 28.5 Å². The first-order valence-corrected chi connectivity index (χ1v) is 10.1. The van der Waals surface area contributed by atoms with Crippen molar-refractivity contribution >= 4 is 39.2 Å². The first-order valence-electron chi connectivity index (χ1n) is 8.28. The number of aryl methyl sites for hydroxylation is 2. The molecule has 1 amide bonds. The lowest BCUT2D eigenvalue weighted by Crippen LogP contribution is -2.23. The van der Waals surface area contributed by atoms with Crippen LogP contribution in [0.3, 0.4) is 0 Å². The summed E-state index contributed by atoms with van der Waals surface area (Å²) in [7, 11) is -1.01. The lowest BCUT2D eigenvalue weighted by Gasteiger charge is -2.14. The first kappa shape index (κ1) is 21.9. The number of amides is 1. The van der Waals surface area contributed by atoms with Gasteiger partial charge in [0, 0.05) is 19.8 Å². The van der Waals surface area contributed by atoms with E-state index in [0.717, 1.165) is 15.4 Å². The standard InChI is InChI=1S/C19H21ClN2O5S/c1-12-5-7-15(13(2)9-12)19(24)27-11-18(23)21-14-6-8-16(20)17(10-14)28(25,26)22(3)4/h5-10H,11H2,1-4H3,(H,21,23). The van der Waals surface area contributed by atoms with Crippen LogP contribution in [0.25, 0.3) is 0 Å². The number of rotatable bonds is 6. The molecule has 0 unspecified atom stereocenters. The van der Waals surface area contributed by atoms with E-state index in [0.29, 0.717) is 5.56 Å². The molecule has 0 aromatic heterocycles. The van der Waals surface area contributed by atoms with Crippen LogP contribution in [0.1, 0.15) is 21.5 Å². The average molecular weight is 425 g/mol. The molecule has 2 aromatic rings. The maximum Gasteiger partial charge on any atom is 0.338 e. The van der Waals surface area contributed by atoms with Gasteiger partial charge in [-0.2, -0.15) is 0 Å². The Balaban J connectivity index is 2.06. The van der Waals surface area contributed by atoms with E-state index in [2.05, 4.69) is 5.32 Å². The van der Waals surface area contributed by atoms with Crippen LogP contribution in [0, 0.1) is 13.8 Å². The summed E-state index contributed by atoms with van der Waals surface area (Å²) in [6.45, 7) is 3.18. The molecule has 0 spiro atoms. The molecule has 1 N–H and O–H groups in total. The van der Waals surface area contributed by atoms with Crippen LogP contribution >= 0.6 is 11.6 Å². The zero-order valence-electron chi connectivity index (χ0n) is 15.9. The molecule has 150 valence electrons. The number of ether oxygens (including phenoxy) is 1. The zero-order valence-corrected chi connectivity index (χ0v) is 17.5. The first-order chi connectivity index (χ1) is 13.0. The summed E-state index contributed by atoms with van der Waals surface area (Å²) in [5.41, 5.74) is 2.36. The number of nitrogens with zero attached hydrogens (tertiary/aromatic N) is 1. The second kappa shape index (κ2) is 8.72. The molecule has 7 nitrogen and oxygen atoms in total. The Morgan fingerprint density at radius 2 is 1.79 bits per heavy atom. The molecule has 0 atom stereocenters. The monoisotopic (exact) mass is 424 g/mol. The third-order valence-corrected chi connectivity index (χ3v) is 6.21. The summed E-state index contributed by atoms with van der Waals surface area (Å²) in [5, 5.41) is 2.53. The van der Waals surface area contributed by atoms with E-state index in [1.54, 1.807) is 19.1 Å². The molecule has 2 aromatic carbocycles. The topological polar surface area (TPSA) is 92.8 Å². The number of hydrogen-bond donors (Lipinski definition) is 1. The van der Waals surface area contributed by atoms with Gasteiger partial charge in [0.05, 0.1) is 10.6 Å². The maximum absolute atomic E-state index is 12.3. The summed E-state index contributed by atoms with van der Waals surface area (Å²) in [6.07, 6.45) is 0. The van der Waals surface area contributed by atoms with Gasteiger partial charge in [0.15, 0.2) is 6.61 Å². The smallest absolute Gasteiger partial charge is 0.338 e. The van der Waals surface area contributed by atoms with Gasteiger partial charge in [0.25, 0.3) is 5.91 Å². The van der Waals surface area contributed by atoms with Gasteiger partial charge in [-0.15, -0.1) is 0 Å². The lowest BCUT2D eigenvalue weighted by atomic mass is 10.1. The predicted molar refractivity (Wildman–Crippen MR) is 107 cm³/mol. The molecule has 0 saturated carbocycles. The van der Waals surface area contributed by atoms with Gasteiger partial charge >= 0.3 is 5.97 Å². The van der Waals surface area contributed by atoms with Gasteiger partial charge in [-0.05, 0) is 43.7 Å². The number of anilines is 1. The molecule has 0 fully saturated rings. The summed E-state index contributed by atoms with van der Waals surface area (Å²) in [4.78, 5) is 24.1. The molecule has 9 heteroatoms. The molecule has 0 aliphatic heterocycles. The third-order valence-electron chi connectivity index (χ3n) is 3.91. The maximum atomic E-state index is 12.3.